The van der Waals surface area contributed by atoms with E-state index in [1.165, 1.54) is 11.4 Å². The molecule has 2 atom stereocenters. The molecule has 1 fully saturated rings. The Morgan fingerprint density at radius 1 is 1.62 bits per heavy atom. The van der Waals surface area contributed by atoms with Gasteiger partial charge in [-0.15, -0.1) is 11.3 Å². The van der Waals surface area contributed by atoms with Crippen molar-refractivity contribution in [2.45, 2.75) is 38.8 Å². The Balaban J connectivity index is 2.03. The Morgan fingerprint density at radius 3 is 3.12 bits per heavy atom. The predicted octanol–water partition coefficient (Wildman–Crippen LogP) is 2.28. The quantitative estimate of drug-likeness (QED) is 0.873. The SMILES string of the molecule is CCC1CN(C(CC)c2nccs2)CCN1. The summed E-state index contributed by atoms with van der Waals surface area (Å²) >= 11 is 1.78. The van der Waals surface area contributed by atoms with E-state index in [2.05, 4.69) is 34.4 Å². The second-order valence-electron chi connectivity index (χ2n) is 4.35. The van der Waals surface area contributed by atoms with E-state index in [1.54, 1.807) is 11.3 Å². The van der Waals surface area contributed by atoms with Gasteiger partial charge >= 0.3 is 0 Å². The maximum Gasteiger partial charge on any atom is 0.110 e. The van der Waals surface area contributed by atoms with E-state index in [9.17, 15) is 0 Å². The third-order valence-corrected chi connectivity index (χ3v) is 4.22. The van der Waals surface area contributed by atoms with Gasteiger partial charge < -0.3 is 5.32 Å². The molecule has 0 aromatic carbocycles. The average Bonchev–Trinajstić information content (AvgIpc) is 2.84. The monoisotopic (exact) mass is 239 g/mol. The topological polar surface area (TPSA) is 28.2 Å². The number of hydrogen-bond donors (Lipinski definition) is 1. The summed E-state index contributed by atoms with van der Waals surface area (Å²) in [6.45, 7) is 7.93. The lowest BCUT2D eigenvalue weighted by molar-refractivity contribution is 0.138. The van der Waals surface area contributed by atoms with Crippen LogP contribution in [0.3, 0.4) is 0 Å². The molecular weight excluding hydrogens is 218 g/mol. The minimum Gasteiger partial charge on any atom is -0.311 e. The maximum atomic E-state index is 4.47. The van der Waals surface area contributed by atoms with Gasteiger partial charge in [0.25, 0.3) is 0 Å². The summed E-state index contributed by atoms with van der Waals surface area (Å²) in [4.78, 5) is 7.06. The normalized spacial score (nSPS) is 24.5. The van der Waals surface area contributed by atoms with Crippen LogP contribution in [0.25, 0.3) is 0 Å². The zero-order valence-electron chi connectivity index (χ0n) is 10.1. The van der Waals surface area contributed by atoms with Crippen LogP contribution in [0, 0.1) is 0 Å². The number of nitrogens with one attached hydrogen (secondary N) is 1. The molecule has 0 amide bonds. The van der Waals surface area contributed by atoms with Crippen LogP contribution in [-0.4, -0.2) is 35.6 Å². The molecule has 1 aromatic rings. The third-order valence-electron chi connectivity index (χ3n) is 3.34. The molecule has 0 saturated carbocycles. The van der Waals surface area contributed by atoms with Crippen molar-refractivity contribution in [3.8, 4) is 0 Å². The highest BCUT2D eigenvalue weighted by molar-refractivity contribution is 7.09. The van der Waals surface area contributed by atoms with Crippen molar-refractivity contribution in [2.24, 2.45) is 0 Å². The molecule has 0 radical (unpaired) electrons. The molecule has 0 aliphatic carbocycles. The number of hydrogen-bond acceptors (Lipinski definition) is 4. The van der Waals surface area contributed by atoms with Crippen LogP contribution in [-0.2, 0) is 0 Å². The highest BCUT2D eigenvalue weighted by Gasteiger charge is 2.25. The lowest BCUT2D eigenvalue weighted by atomic mass is 10.1. The number of piperazine rings is 1. The van der Waals surface area contributed by atoms with Gasteiger partial charge in [0.1, 0.15) is 5.01 Å². The summed E-state index contributed by atoms with van der Waals surface area (Å²) in [7, 11) is 0. The smallest absolute Gasteiger partial charge is 0.110 e. The second-order valence-corrected chi connectivity index (χ2v) is 5.27. The van der Waals surface area contributed by atoms with Crippen molar-refractivity contribution in [3.05, 3.63) is 16.6 Å². The van der Waals surface area contributed by atoms with Crippen molar-refractivity contribution < 1.29 is 0 Å². The summed E-state index contributed by atoms with van der Waals surface area (Å²) in [5.41, 5.74) is 0. The van der Waals surface area contributed by atoms with Crippen molar-refractivity contribution in [1.29, 1.82) is 0 Å². The Labute approximate surface area is 102 Å². The van der Waals surface area contributed by atoms with Crippen LogP contribution in [0.15, 0.2) is 11.6 Å². The minimum absolute atomic E-state index is 0.524. The van der Waals surface area contributed by atoms with Crippen molar-refractivity contribution in [2.75, 3.05) is 19.6 Å². The molecule has 1 aliphatic rings. The molecule has 90 valence electrons. The molecule has 0 spiro atoms. The Hall–Kier alpha value is -0.450. The zero-order valence-corrected chi connectivity index (χ0v) is 11.0. The zero-order chi connectivity index (χ0) is 11.4. The van der Waals surface area contributed by atoms with Gasteiger partial charge in [-0.05, 0) is 12.8 Å². The van der Waals surface area contributed by atoms with Gasteiger partial charge in [-0.2, -0.15) is 0 Å². The molecule has 0 bridgehead atoms. The molecule has 16 heavy (non-hydrogen) atoms. The maximum absolute atomic E-state index is 4.47. The molecule has 2 heterocycles. The average molecular weight is 239 g/mol. The molecule has 2 rings (SSSR count). The van der Waals surface area contributed by atoms with E-state index < -0.39 is 0 Å². The number of aromatic nitrogens is 1. The molecule has 1 aromatic heterocycles. The number of nitrogens with zero attached hydrogens (tertiary/aromatic N) is 2. The molecule has 1 aliphatic heterocycles. The standard InChI is InChI=1S/C12H21N3S/c1-3-10-9-15(7-5-13-10)11(4-2)12-14-6-8-16-12/h6,8,10-11,13H,3-5,7,9H2,1-2H3. The fourth-order valence-corrected chi connectivity index (χ4v) is 3.25. The summed E-state index contributed by atoms with van der Waals surface area (Å²) in [6.07, 6.45) is 4.29. The van der Waals surface area contributed by atoms with Gasteiger partial charge in [-0.3, -0.25) is 4.90 Å². The van der Waals surface area contributed by atoms with Crippen LogP contribution in [0.5, 0.6) is 0 Å². The van der Waals surface area contributed by atoms with E-state index >= 15 is 0 Å². The first-order valence-corrected chi connectivity index (χ1v) is 7.10. The van der Waals surface area contributed by atoms with Gasteiger partial charge in [0, 0.05) is 37.3 Å². The number of rotatable bonds is 4. The summed E-state index contributed by atoms with van der Waals surface area (Å²) in [6, 6.07) is 1.18. The fourth-order valence-electron chi connectivity index (χ4n) is 2.40. The molecule has 4 heteroatoms. The molecule has 2 unspecified atom stereocenters. The minimum atomic E-state index is 0.524. The van der Waals surface area contributed by atoms with Gasteiger partial charge in [0.2, 0.25) is 0 Å². The van der Waals surface area contributed by atoms with Crippen LogP contribution in [0.4, 0.5) is 0 Å². The van der Waals surface area contributed by atoms with Crippen molar-refractivity contribution >= 4 is 11.3 Å². The first kappa shape index (κ1) is 12.0. The second kappa shape index (κ2) is 5.75. The van der Waals surface area contributed by atoms with Gasteiger partial charge in [0.15, 0.2) is 0 Å². The Morgan fingerprint density at radius 2 is 2.50 bits per heavy atom. The van der Waals surface area contributed by atoms with Crippen LogP contribution in [0.2, 0.25) is 0 Å². The third kappa shape index (κ3) is 2.62. The van der Waals surface area contributed by atoms with Gasteiger partial charge in [-0.1, -0.05) is 13.8 Å². The molecular formula is C12H21N3S. The van der Waals surface area contributed by atoms with Crippen molar-refractivity contribution in [3.63, 3.8) is 0 Å². The van der Waals surface area contributed by atoms with E-state index in [-0.39, 0.29) is 0 Å². The first-order valence-electron chi connectivity index (χ1n) is 6.22. The van der Waals surface area contributed by atoms with E-state index in [0.29, 0.717) is 12.1 Å². The molecule has 1 N–H and O–H groups in total. The summed E-state index contributed by atoms with van der Waals surface area (Å²) in [5.74, 6) is 0. The fraction of sp³-hybridized carbons (Fsp3) is 0.750. The lowest BCUT2D eigenvalue weighted by Gasteiger charge is -2.37. The highest BCUT2D eigenvalue weighted by Crippen LogP contribution is 2.26. The first-order chi connectivity index (χ1) is 7.85. The van der Waals surface area contributed by atoms with Gasteiger partial charge in [-0.25, -0.2) is 4.98 Å². The summed E-state index contributed by atoms with van der Waals surface area (Å²) < 4.78 is 0. The van der Waals surface area contributed by atoms with E-state index in [0.717, 1.165) is 26.1 Å². The number of thiazole rings is 1. The van der Waals surface area contributed by atoms with Crippen molar-refractivity contribution in [1.82, 2.24) is 15.2 Å². The largest absolute Gasteiger partial charge is 0.311 e. The Kier molecular flexibility index (Phi) is 4.32. The van der Waals surface area contributed by atoms with Gasteiger partial charge in [0.05, 0.1) is 6.04 Å². The van der Waals surface area contributed by atoms with E-state index in [4.69, 9.17) is 0 Å². The van der Waals surface area contributed by atoms with Crippen LogP contribution in [0.1, 0.15) is 37.7 Å². The molecule has 3 nitrogen and oxygen atoms in total. The van der Waals surface area contributed by atoms with Crippen LogP contribution >= 0.6 is 11.3 Å². The lowest BCUT2D eigenvalue weighted by Crippen LogP contribution is -2.51. The summed E-state index contributed by atoms with van der Waals surface area (Å²) in [5, 5.41) is 6.92. The van der Waals surface area contributed by atoms with Crippen LogP contribution < -0.4 is 5.32 Å². The highest BCUT2D eigenvalue weighted by atomic mass is 32.1. The Bertz CT molecular complexity index is 299. The van der Waals surface area contributed by atoms with E-state index in [1.807, 2.05) is 6.20 Å². The molecule has 1 saturated heterocycles. The predicted molar refractivity (Wildman–Crippen MR) is 68.8 cm³/mol.